The number of likely N-dealkylation sites (N-methyl/N-ethyl adjacent to an activating group) is 1. The van der Waals surface area contributed by atoms with Gasteiger partial charge in [-0.25, -0.2) is 0 Å². The van der Waals surface area contributed by atoms with Crippen molar-refractivity contribution < 1.29 is 19.1 Å². The highest BCUT2D eigenvalue weighted by atomic mass is 16.6. The van der Waals surface area contributed by atoms with Crippen molar-refractivity contribution in [1.29, 1.82) is 0 Å². The largest absolute Gasteiger partial charge is 0.597 e. The number of hydrogen-bond acceptors (Lipinski definition) is 4. The predicted molar refractivity (Wildman–Crippen MR) is 105 cm³/mol. The van der Waals surface area contributed by atoms with Gasteiger partial charge in [0.05, 0.1) is 20.6 Å². The first-order valence-corrected chi connectivity index (χ1v) is 10.0. The van der Waals surface area contributed by atoms with Gasteiger partial charge >= 0.3 is 0 Å². The lowest BCUT2D eigenvalue weighted by Crippen LogP contribution is -2.60. The van der Waals surface area contributed by atoms with E-state index >= 15 is 0 Å². The molecule has 4 atom stereocenters. The molecule has 5 nitrogen and oxygen atoms in total. The fourth-order valence-electron chi connectivity index (χ4n) is 5.19. The van der Waals surface area contributed by atoms with Crippen LogP contribution in [0.5, 0.6) is 0 Å². The predicted octanol–water partition coefficient (Wildman–Crippen LogP) is 2.34. The van der Waals surface area contributed by atoms with Gasteiger partial charge in [-0.05, 0) is 16.7 Å². The summed E-state index contributed by atoms with van der Waals surface area (Å²) in [7, 11) is 4.54. The molecular weight excluding hydrogens is 352 g/mol. The molecule has 2 bridgehead atoms. The third-order valence-corrected chi connectivity index (χ3v) is 6.79. The summed E-state index contributed by atoms with van der Waals surface area (Å²) in [6, 6.07) is 19.1. The molecule has 0 spiro atoms. The van der Waals surface area contributed by atoms with Crippen LogP contribution >= 0.6 is 0 Å². The van der Waals surface area contributed by atoms with Crippen LogP contribution in [0.4, 0.5) is 0 Å². The maximum Gasteiger partial charge on any atom is 0.145 e. The van der Waals surface area contributed by atoms with E-state index in [4.69, 9.17) is 9.47 Å². The second-order valence-electron chi connectivity index (χ2n) is 8.65. The first-order valence-electron chi connectivity index (χ1n) is 10.0. The molecule has 3 saturated heterocycles. The van der Waals surface area contributed by atoms with Crippen molar-refractivity contribution in [2.24, 2.45) is 4.99 Å². The van der Waals surface area contributed by atoms with Crippen LogP contribution in [0.1, 0.15) is 18.4 Å². The Bertz CT molecular complexity index is 876. The molecule has 0 amide bonds. The first kappa shape index (κ1) is 17.7. The fraction of sp³-hybridized carbons (Fsp3) is 0.435. The number of ether oxygens (including phenoxy) is 2. The van der Waals surface area contributed by atoms with Crippen molar-refractivity contribution in [2.75, 3.05) is 14.1 Å². The lowest BCUT2D eigenvalue weighted by Gasteiger charge is -2.47. The number of hydrogen-bond donors (Lipinski definition) is 0. The normalized spacial score (nSPS) is 32.6. The third kappa shape index (κ3) is 2.99. The highest BCUT2D eigenvalue weighted by molar-refractivity contribution is 5.68. The topological polar surface area (TPSA) is 57.2 Å². The Morgan fingerprint density at radius 1 is 1.04 bits per heavy atom. The van der Waals surface area contributed by atoms with Crippen molar-refractivity contribution in [3.05, 3.63) is 60.2 Å². The van der Waals surface area contributed by atoms with Gasteiger partial charge in [-0.3, -0.25) is 4.99 Å². The van der Waals surface area contributed by atoms with Crippen LogP contribution in [0.2, 0.25) is 0 Å². The van der Waals surface area contributed by atoms with Gasteiger partial charge in [-0.1, -0.05) is 54.6 Å². The second-order valence-corrected chi connectivity index (χ2v) is 8.65. The summed E-state index contributed by atoms with van der Waals surface area (Å²) in [5.74, 6) is 0. The van der Waals surface area contributed by atoms with E-state index in [2.05, 4.69) is 37.3 Å². The molecule has 2 aromatic rings. The molecule has 4 unspecified atom stereocenters. The van der Waals surface area contributed by atoms with Gasteiger partial charge in [0.25, 0.3) is 0 Å². The van der Waals surface area contributed by atoms with Gasteiger partial charge in [0.15, 0.2) is 0 Å². The van der Waals surface area contributed by atoms with E-state index in [0.29, 0.717) is 30.8 Å². The molecule has 0 saturated carbocycles. The number of piperidine rings is 1. The van der Waals surface area contributed by atoms with E-state index in [9.17, 15) is 5.11 Å². The average molecular weight is 378 g/mol. The van der Waals surface area contributed by atoms with Crippen LogP contribution in [0.25, 0.3) is 11.1 Å². The Morgan fingerprint density at radius 3 is 2.39 bits per heavy atom. The monoisotopic (exact) mass is 378 g/mol. The molecular formula is C23H26N2O3. The maximum absolute atomic E-state index is 12.4. The first-order chi connectivity index (χ1) is 13.5. The Kier molecular flexibility index (Phi) is 4.18. The zero-order chi connectivity index (χ0) is 19.3. The van der Waals surface area contributed by atoms with Gasteiger partial charge in [0.1, 0.15) is 30.4 Å². The van der Waals surface area contributed by atoms with Gasteiger partial charge in [0.2, 0.25) is 0 Å². The van der Waals surface area contributed by atoms with Crippen LogP contribution in [0.3, 0.4) is 0 Å². The van der Waals surface area contributed by atoms with Crippen LogP contribution in [-0.4, -0.2) is 55.1 Å². The molecule has 5 rings (SSSR count). The number of epoxide rings is 1. The van der Waals surface area contributed by atoms with Gasteiger partial charge in [0, 0.05) is 18.9 Å². The minimum Gasteiger partial charge on any atom is -0.597 e. The molecule has 0 N–H and O–H groups in total. The summed E-state index contributed by atoms with van der Waals surface area (Å²) >= 11 is 0. The van der Waals surface area contributed by atoms with E-state index < -0.39 is 6.08 Å². The van der Waals surface area contributed by atoms with Crippen LogP contribution in [0, 0.1) is 0 Å². The van der Waals surface area contributed by atoms with Crippen molar-refractivity contribution in [1.82, 2.24) is 0 Å². The third-order valence-electron chi connectivity index (χ3n) is 6.79. The Balaban J connectivity index is 1.26. The molecule has 0 aliphatic carbocycles. The van der Waals surface area contributed by atoms with E-state index in [1.807, 2.05) is 36.4 Å². The maximum atomic E-state index is 12.4. The van der Waals surface area contributed by atoms with E-state index in [1.54, 1.807) is 0 Å². The zero-order valence-electron chi connectivity index (χ0n) is 16.3. The highest BCUT2D eigenvalue weighted by Gasteiger charge is 2.70. The van der Waals surface area contributed by atoms with Gasteiger partial charge in [-0.2, -0.15) is 0 Å². The van der Waals surface area contributed by atoms with E-state index in [0.717, 1.165) is 34.0 Å². The molecule has 3 aliphatic rings. The second kappa shape index (κ2) is 6.61. The zero-order valence-corrected chi connectivity index (χ0v) is 16.3. The molecule has 28 heavy (non-hydrogen) atoms. The van der Waals surface area contributed by atoms with Crippen molar-refractivity contribution in [3.63, 3.8) is 0 Å². The average Bonchev–Trinajstić information content (AvgIpc) is 3.46. The number of benzene rings is 2. The smallest absolute Gasteiger partial charge is 0.145 e. The fourth-order valence-corrected chi connectivity index (χ4v) is 5.19. The van der Waals surface area contributed by atoms with Crippen LogP contribution in [-0.2, 0) is 16.0 Å². The Morgan fingerprint density at radius 2 is 1.68 bits per heavy atom. The highest BCUT2D eigenvalue weighted by Crippen LogP contribution is 2.51. The molecule has 146 valence electrons. The molecule has 5 heteroatoms. The van der Waals surface area contributed by atoms with E-state index in [1.165, 1.54) is 0 Å². The van der Waals surface area contributed by atoms with Crippen LogP contribution in [0.15, 0.2) is 59.6 Å². The number of aliphatic imine (C=N–C) groups is 1. The van der Waals surface area contributed by atoms with Crippen molar-refractivity contribution in [3.8, 4) is 11.1 Å². The number of fused-ring (bicyclic) bond motifs is 5. The number of morpholine rings is 1. The minimum atomic E-state index is -0.450. The number of rotatable bonds is 4. The summed E-state index contributed by atoms with van der Waals surface area (Å²) in [5, 5.41) is 12.4. The summed E-state index contributed by atoms with van der Waals surface area (Å²) in [6.45, 7) is 0.333. The molecule has 3 heterocycles. The number of quaternary nitrogens is 1. The molecule has 0 radical (unpaired) electrons. The molecule has 3 fully saturated rings. The summed E-state index contributed by atoms with van der Waals surface area (Å²) in [6.07, 6.45) is 1.96. The lowest BCUT2D eigenvalue weighted by molar-refractivity contribution is -0.938. The molecule has 0 aromatic heterocycles. The molecule has 2 aromatic carbocycles. The van der Waals surface area contributed by atoms with Crippen molar-refractivity contribution in [2.45, 2.75) is 49.8 Å². The summed E-state index contributed by atoms with van der Waals surface area (Å²) < 4.78 is 12.5. The quantitative estimate of drug-likeness (QED) is 0.355. The van der Waals surface area contributed by atoms with Gasteiger partial charge in [-0.15, -0.1) is 0 Å². The van der Waals surface area contributed by atoms with Crippen molar-refractivity contribution >= 4 is 6.08 Å². The number of nitrogens with zero attached hydrogens (tertiary/aromatic N) is 2. The van der Waals surface area contributed by atoms with Crippen LogP contribution < -0.4 is 5.11 Å². The SMILES string of the molecule is C[N+]1(C)C2CC(OC([O-])=NCc3ccccc3-c3ccccc3)CC1C1OC12. The summed E-state index contributed by atoms with van der Waals surface area (Å²) in [5.41, 5.74) is 3.26. The Labute approximate surface area is 165 Å². The minimum absolute atomic E-state index is 0.0434. The Hall–Kier alpha value is -2.37. The van der Waals surface area contributed by atoms with Gasteiger partial charge < -0.3 is 19.1 Å². The molecule has 3 aliphatic heterocycles. The van der Waals surface area contributed by atoms with E-state index in [-0.39, 0.29) is 6.10 Å². The summed E-state index contributed by atoms with van der Waals surface area (Å²) in [4.78, 5) is 4.21. The lowest BCUT2D eigenvalue weighted by atomic mass is 9.97. The standard InChI is InChI=1S/C23H26N2O3/c1-25(2)19-12-17(13-20(25)22-21(19)28-22)27-23(26)24-14-16-10-6-7-11-18(16)15-8-4-3-5-9-15/h3-11,17,19-22H,12-14H2,1-2H3.